The molecule has 7 nitrogen and oxygen atoms in total. The predicted molar refractivity (Wildman–Crippen MR) is 150 cm³/mol. The van der Waals surface area contributed by atoms with Crippen LogP contribution in [0, 0.1) is 19.7 Å². The van der Waals surface area contributed by atoms with Crippen LogP contribution in [0.25, 0.3) is 22.2 Å². The van der Waals surface area contributed by atoms with E-state index < -0.39 is 20.5 Å². The monoisotopic (exact) mass is 555 g/mol. The van der Waals surface area contributed by atoms with Gasteiger partial charge in [0, 0.05) is 17.7 Å². The fourth-order valence-corrected chi connectivity index (χ4v) is 6.48. The van der Waals surface area contributed by atoms with Crippen molar-refractivity contribution < 1.29 is 22.3 Å². The Labute approximate surface area is 231 Å². The van der Waals surface area contributed by atoms with Gasteiger partial charge in [-0.05, 0) is 85.1 Å². The Balaban J connectivity index is 1.28. The third-order valence-corrected chi connectivity index (χ3v) is 8.91. The molecule has 1 N–H and O–H groups in total. The fraction of sp³-hybridized carbons (Fsp3) is 0.161. The average molecular weight is 556 g/mol. The second kappa shape index (κ2) is 9.91. The van der Waals surface area contributed by atoms with Gasteiger partial charge < -0.3 is 14.6 Å². The summed E-state index contributed by atoms with van der Waals surface area (Å²) in [6.45, 7) is 4.64. The third kappa shape index (κ3) is 4.62. The van der Waals surface area contributed by atoms with Crippen LogP contribution in [-0.2, 0) is 16.4 Å². The number of benzene rings is 4. The molecule has 1 amide bonds. The van der Waals surface area contributed by atoms with Crippen LogP contribution in [-0.4, -0.2) is 42.3 Å². The Bertz CT molecular complexity index is 1900. The van der Waals surface area contributed by atoms with E-state index >= 15 is 0 Å². The van der Waals surface area contributed by atoms with Crippen LogP contribution in [0.4, 0.5) is 4.39 Å². The molecule has 0 saturated heterocycles. The molecule has 0 saturated carbocycles. The lowest BCUT2D eigenvalue weighted by molar-refractivity contribution is 0.0732. The molecule has 6 rings (SSSR count). The quantitative estimate of drug-likeness (QED) is 0.300. The Hall–Kier alpha value is -4.50. The van der Waals surface area contributed by atoms with Crippen molar-refractivity contribution in [1.82, 2.24) is 14.9 Å². The second-order valence-corrected chi connectivity index (χ2v) is 11.8. The van der Waals surface area contributed by atoms with Crippen LogP contribution in [0.1, 0.15) is 27.3 Å². The zero-order valence-corrected chi connectivity index (χ0v) is 22.8. The summed E-state index contributed by atoms with van der Waals surface area (Å²) in [5.41, 5.74) is 5.61. The number of imidazole rings is 1. The lowest BCUT2D eigenvalue weighted by atomic mass is 10.0. The number of hydrogen-bond acceptors (Lipinski definition) is 5. The zero-order valence-electron chi connectivity index (χ0n) is 21.9. The van der Waals surface area contributed by atoms with Crippen molar-refractivity contribution in [2.24, 2.45) is 0 Å². The van der Waals surface area contributed by atoms with Gasteiger partial charge in [0.2, 0.25) is 9.84 Å². The smallest absolute Gasteiger partial charge is 0.254 e. The number of sulfone groups is 1. The number of aromatic amines is 1. The molecule has 1 aromatic heterocycles. The van der Waals surface area contributed by atoms with Crippen molar-refractivity contribution in [3.05, 3.63) is 107 Å². The summed E-state index contributed by atoms with van der Waals surface area (Å²) in [7, 11) is -4.08. The number of aryl methyl sites for hydroxylation is 2. The van der Waals surface area contributed by atoms with Crippen molar-refractivity contribution in [2.45, 2.75) is 30.2 Å². The summed E-state index contributed by atoms with van der Waals surface area (Å²) in [5, 5.41) is 0. The Morgan fingerprint density at radius 2 is 1.75 bits per heavy atom. The van der Waals surface area contributed by atoms with Crippen molar-refractivity contribution in [2.75, 3.05) is 13.2 Å². The predicted octanol–water partition coefficient (Wildman–Crippen LogP) is 5.85. The van der Waals surface area contributed by atoms with Crippen molar-refractivity contribution in [3.8, 4) is 16.9 Å². The first-order chi connectivity index (χ1) is 19.2. The molecule has 2 heterocycles. The molecule has 0 unspecified atom stereocenters. The van der Waals surface area contributed by atoms with E-state index in [1.165, 1.54) is 36.4 Å². The van der Waals surface area contributed by atoms with Gasteiger partial charge in [-0.3, -0.25) is 4.79 Å². The highest BCUT2D eigenvalue weighted by atomic mass is 32.2. The molecule has 4 aromatic carbocycles. The summed E-state index contributed by atoms with van der Waals surface area (Å²) in [6, 6.07) is 21.5. The highest BCUT2D eigenvalue weighted by Crippen LogP contribution is 2.32. The number of nitrogens with one attached hydrogen (secondary N) is 1. The molecule has 5 aromatic rings. The van der Waals surface area contributed by atoms with E-state index in [1.807, 2.05) is 37.3 Å². The second-order valence-electron chi connectivity index (χ2n) is 9.86. The van der Waals surface area contributed by atoms with Gasteiger partial charge in [0.05, 0.1) is 22.5 Å². The fourth-order valence-electron chi connectivity index (χ4n) is 5.07. The van der Waals surface area contributed by atoms with Crippen LogP contribution in [0.2, 0.25) is 0 Å². The zero-order chi connectivity index (χ0) is 28.0. The van der Waals surface area contributed by atoms with Gasteiger partial charge in [-0.25, -0.2) is 17.8 Å². The minimum atomic E-state index is -4.08. The van der Waals surface area contributed by atoms with Crippen LogP contribution in [0.3, 0.4) is 0 Å². The van der Waals surface area contributed by atoms with Gasteiger partial charge in [-0.1, -0.05) is 24.3 Å². The molecule has 202 valence electrons. The van der Waals surface area contributed by atoms with Crippen molar-refractivity contribution in [1.29, 1.82) is 0 Å². The average Bonchev–Trinajstić information content (AvgIpc) is 3.18. The van der Waals surface area contributed by atoms with Gasteiger partial charge in [-0.15, -0.1) is 0 Å². The maximum absolute atomic E-state index is 14.2. The van der Waals surface area contributed by atoms with Crippen molar-refractivity contribution >= 4 is 26.8 Å². The number of ether oxygens (including phenoxy) is 1. The minimum absolute atomic E-state index is 0.0646. The van der Waals surface area contributed by atoms with E-state index in [0.717, 1.165) is 45.4 Å². The first kappa shape index (κ1) is 25.8. The van der Waals surface area contributed by atoms with Gasteiger partial charge in [-0.2, -0.15) is 0 Å². The molecule has 0 aliphatic carbocycles. The number of aromatic nitrogens is 2. The van der Waals surface area contributed by atoms with E-state index in [4.69, 9.17) is 4.74 Å². The summed E-state index contributed by atoms with van der Waals surface area (Å²) >= 11 is 0. The van der Waals surface area contributed by atoms with Gasteiger partial charge in [0.15, 0.2) is 0 Å². The first-order valence-corrected chi connectivity index (χ1v) is 14.3. The number of fused-ring (bicyclic) bond motifs is 2. The van der Waals surface area contributed by atoms with E-state index in [1.54, 1.807) is 11.8 Å². The maximum atomic E-state index is 14.2. The number of rotatable bonds is 4. The van der Waals surface area contributed by atoms with Crippen LogP contribution in [0.15, 0.2) is 88.7 Å². The molecule has 0 bridgehead atoms. The largest absolute Gasteiger partial charge is 0.491 e. The third-order valence-electron chi connectivity index (χ3n) is 7.13. The highest BCUT2D eigenvalue weighted by Gasteiger charge is 2.26. The molecular formula is C31H26FN3O4S. The van der Waals surface area contributed by atoms with E-state index in [2.05, 4.69) is 16.0 Å². The lowest BCUT2D eigenvalue weighted by Gasteiger charge is -2.21. The molecule has 9 heteroatoms. The molecule has 0 atom stereocenters. The molecule has 0 radical (unpaired) electrons. The number of carbonyl (C=O) groups is 1. The van der Waals surface area contributed by atoms with E-state index in [9.17, 15) is 17.6 Å². The summed E-state index contributed by atoms with van der Waals surface area (Å²) < 4.78 is 46.3. The maximum Gasteiger partial charge on any atom is 0.254 e. The Morgan fingerprint density at radius 3 is 2.55 bits per heavy atom. The standard InChI is InChI=1S/C31H26FN3O4S/c1-19-15-24(40(37,38)30-6-4-3-5-26(30)32)9-10-25(19)31(36)35-13-14-39-29-12-8-21(16-23(29)18-35)22-7-11-27-28(17-22)34-20(2)33-27/h3-12,15-17H,13-14,18H2,1-2H3,(H,33,34). The topological polar surface area (TPSA) is 92.4 Å². The van der Waals surface area contributed by atoms with Gasteiger partial charge in [0.1, 0.15) is 28.9 Å². The molecule has 0 fully saturated rings. The molecule has 40 heavy (non-hydrogen) atoms. The number of carbonyl (C=O) groups excluding carboxylic acids is 1. The van der Waals surface area contributed by atoms with E-state index in [0.29, 0.717) is 30.8 Å². The molecule has 0 spiro atoms. The number of halogens is 1. The van der Waals surface area contributed by atoms with Crippen LogP contribution >= 0.6 is 0 Å². The minimum Gasteiger partial charge on any atom is -0.491 e. The number of H-pyrrole nitrogens is 1. The van der Waals surface area contributed by atoms with Gasteiger partial charge >= 0.3 is 0 Å². The summed E-state index contributed by atoms with van der Waals surface area (Å²) in [5.74, 6) is 0.524. The number of hydrogen-bond donors (Lipinski definition) is 1. The lowest BCUT2D eigenvalue weighted by Crippen LogP contribution is -2.33. The SMILES string of the molecule is Cc1nc2ccc(-c3ccc4c(c3)CN(C(=O)c3ccc(S(=O)(=O)c5ccccc5F)cc3C)CCO4)cc2[nH]1. The number of amides is 1. The van der Waals surface area contributed by atoms with Crippen LogP contribution < -0.4 is 4.74 Å². The van der Waals surface area contributed by atoms with Gasteiger partial charge in [0.25, 0.3) is 5.91 Å². The number of nitrogens with zero attached hydrogens (tertiary/aromatic N) is 2. The molecular weight excluding hydrogens is 529 g/mol. The summed E-state index contributed by atoms with van der Waals surface area (Å²) in [4.78, 5) is 22.6. The Kier molecular flexibility index (Phi) is 6.38. The summed E-state index contributed by atoms with van der Waals surface area (Å²) in [6.07, 6.45) is 0. The highest BCUT2D eigenvalue weighted by molar-refractivity contribution is 7.91. The normalized spacial score (nSPS) is 13.5. The Morgan fingerprint density at radius 1 is 0.975 bits per heavy atom. The molecule has 1 aliphatic heterocycles. The van der Waals surface area contributed by atoms with Crippen LogP contribution in [0.5, 0.6) is 5.75 Å². The molecule has 1 aliphatic rings. The first-order valence-electron chi connectivity index (χ1n) is 12.8. The van der Waals surface area contributed by atoms with E-state index in [-0.39, 0.29) is 10.8 Å². The van der Waals surface area contributed by atoms with Crippen molar-refractivity contribution in [3.63, 3.8) is 0 Å².